The fraction of sp³-hybridized carbons (Fsp3) is 0.333. The second-order valence-electron chi connectivity index (χ2n) is 7.36. The average Bonchev–Trinajstić information content (AvgIpc) is 3.09. The van der Waals surface area contributed by atoms with Crippen molar-refractivity contribution in [1.82, 2.24) is 10.6 Å². The van der Waals surface area contributed by atoms with Crippen LogP contribution in [0, 0.1) is 5.92 Å². The molecule has 0 aromatic heterocycles. The van der Waals surface area contributed by atoms with E-state index in [1.54, 1.807) is 0 Å². The smallest absolute Gasteiger partial charge is 0.127 e. The van der Waals surface area contributed by atoms with Crippen LogP contribution in [0.5, 0.6) is 5.75 Å². The number of hydrogen-bond acceptors (Lipinski definition) is 3. The summed E-state index contributed by atoms with van der Waals surface area (Å²) in [5, 5.41) is 9.16. The van der Waals surface area contributed by atoms with E-state index >= 15 is 0 Å². The van der Waals surface area contributed by atoms with Gasteiger partial charge < -0.3 is 15.4 Å². The minimum absolute atomic E-state index is 0.348. The van der Waals surface area contributed by atoms with E-state index in [1.807, 2.05) is 0 Å². The first-order valence-corrected chi connectivity index (χ1v) is 9.91. The number of nitrogens with one attached hydrogen (secondary N) is 2. The van der Waals surface area contributed by atoms with Crippen LogP contribution >= 0.6 is 0 Å². The highest BCUT2D eigenvalue weighted by Gasteiger charge is 2.28. The molecule has 1 aliphatic carbocycles. The molecule has 0 unspecified atom stereocenters. The van der Waals surface area contributed by atoms with Crippen LogP contribution in [-0.2, 0) is 6.42 Å². The number of likely N-dealkylation sites (N-methyl/N-ethyl adjacent to an activating group) is 1. The van der Waals surface area contributed by atoms with Crippen molar-refractivity contribution < 1.29 is 4.74 Å². The highest BCUT2D eigenvalue weighted by molar-refractivity contribution is 6.00. The van der Waals surface area contributed by atoms with Gasteiger partial charge in [0.25, 0.3) is 0 Å². The second kappa shape index (κ2) is 7.61. The molecular formula is C24H28N2O. The zero-order chi connectivity index (χ0) is 18.8. The summed E-state index contributed by atoms with van der Waals surface area (Å²) < 4.78 is 6.07. The highest BCUT2D eigenvalue weighted by atomic mass is 16.5. The Morgan fingerprint density at radius 3 is 2.89 bits per heavy atom. The molecule has 2 aromatic carbocycles. The lowest BCUT2D eigenvalue weighted by atomic mass is 9.83. The summed E-state index contributed by atoms with van der Waals surface area (Å²) in [7, 11) is 0. The third kappa shape index (κ3) is 3.40. The molecule has 4 rings (SSSR count). The summed E-state index contributed by atoms with van der Waals surface area (Å²) in [5.74, 6) is 1.31. The second-order valence-corrected chi connectivity index (χ2v) is 7.36. The lowest BCUT2D eigenvalue weighted by Crippen LogP contribution is -2.25. The average molecular weight is 361 g/mol. The Morgan fingerprint density at radius 2 is 2.07 bits per heavy atom. The van der Waals surface area contributed by atoms with Gasteiger partial charge in [0.1, 0.15) is 12.4 Å². The van der Waals surface area contributed by atoms with Gasteiger partial charge in [0, 0.05) is 29.2 Å². The number of rotatable bonds is 6. The molecule has 1 heterocycles. The van der Waals surface area contributed by atoms with Gasteiger partial charge in [0.15, 0.2) is 0 Å². The molecule has 0 bridgehead atoms. The summed E-state index contributed by atoms with van der Waals surface area (Å²) >= 11 is 0. The van der Waals surface area contributed by atoms with Gasteiger partial charge >= 0.3 is 0 Å². The Morgan fingerprint density at radius 1 is 1.19 bits per heavy atom. The lowest BCUT2D eigenvalue weighted by molar-refractivity contribution is 0.319. The van der Waals surface area contributed by atoms with Gasteiger partial charge in [-0.1, -0.05) is 50.4 Å². The zero-order valence-electron chi connectivity index (χ0n) is 16.1. The van der Waals surface area contributed by atoms with Crippen molar-refractivity contribution in [2.24, 2.45) is 5.92 Å². The Hall–Kier alpha value is -2.52. The van der Waals surface area contributed by atoms with Crippen molar-refractivity contribution in [3.05, 3.63) is 72.1 Å². The largest absolute Gasteiger partial charge is 0.492 e. The van der Waals surface area contributed by atoms with E-state index in [9.17, 15) is 0 Å². The Balaban J connectivity index is 1.68. The normalized spacial score (nSPS) is 19.0. The molecule has 0 radical (unpaired) electrons. The molecule has 27 heavy (non-hydrogen) atoms. The van der Waals surface area contributed by atoms with Gasteiger partial charge in [-0.2, -0.15) is 0 Å². The fourth-order valence-electron chi connectivity index (χ4n) is 4.27. The van der Waals surface area contributed by atoms with E-state index in [0.717, 1.165) is 49.5 Å². The van der Waals surface area contributed by atoms with Gasteiger partial charge in [0.05, 0.1) is 0 Å². The van der Waals surface area contributed by atoms with Crippen LogP contribution in [0.1, 0.15) is 30.9 Å². The van der Waals surface area contributed by atoms with Gasteiger partial charge in [-0.05, 0) is 54.0 Å². The first-order valence-electron chi connectivity index (χ1n) is 9.91. The first-order chi connectivity index (χ1) is 13.2. The van der Waals surface area contributed by atoms with Crippen LogP contribution < -0.4 is 15.4 Å². The van der Waals surface area contributed by atoms with Crippen LogP contribution in [0.2, 0.25) is 0 Å². The van der Waals surface area contributed by atoms with Gasteiger partial charge in [-0.25, -0.2) is 0 Å². The summed E-state index contributed by atoms with van der Waals surface area (Å²) in [6, 6.07) is 10.9. The van der Waals surface area contributed by atoms with E-state index in [2.05, 4.69) is 67.1 Å². The van der Waals surface area contributed by atoms with Gasteiger partial charge in [0.2, 0.25) is 0 Å². The minimum atomic E-state index is 0.348. The molecule has 2 aromatic rings. The summed E-state index contributed by atoms with van der Waals surface area (Å²) in [4.78, 5) is 0. The molecule has 0 spiro atoms. The van der Waals surface area contributed by atoms with Crippen LogP contribution in [0.3, 0.4) is 0 Å². The molecule has 3 heteroatoms. The molecule has 1 aliphatic heterocycles. The number of ether oxygens (including phenoxy) is 1. The first kappa shape index (κ1) is 17.9. The monoisotopic (exact) mass is 360 g/mol. The molecule has 140 valence electrons. The van der Waals surface area contributed by atoms with E-state index in [4.69, 9.17) is 4.74 Å². The van der Waals surface area contributed by atoms with Crippen molar-refractivity contribution in [2.45, 2.75) is 26.2 Å². The number of allylic oxidation sites excluding steroid dienone is 3. The molecule has 0 saturated carbocycles. The number of hydrogen-bond donors (Lipinski definition) is 2. The van der Waals surface area contributed by atoms with Crippen LogP contribution in [0.25, 0.3) is 16.3 Å². The summed E-state index contributed by atoms with van der Waals surface area (Å²) in [6.45, 7) is 12.9. The Labute approximate surface area is 161 Å². The molecule has 1 atom stereocenters. The third-order valence-electron chi connectivity index (χ3n) is 5.59. The van der Waals surface area contributed by atoms with Gasteiger partial charge in [-0.15, -0.1) is 0 Å². The number of piperidine rings is 1. The standard InChI is InChI=1S/C24H28N2O/c1-4-25-14-15-27-23-7-5-6-21-20(23)12-9-18-10-13-22(24(18)21)19-11-8-16(2)26-17(19)3/h5-7,9,12-13,19,25-26H,2-4,8,10-11,14-15H2,1H3/t19-/m0/s1. The topological polar surface area (TPSA) is 33.3 Å². The van der Waals surface area contributed by atoms with E-state index < -0.39 is 0 Å². The highest BCUT2D eigenvalue weighted by Crippen LogP contribution is 2.44. The predicted molar refractivity (Wildman–Crippen MR) is 114 cm³/mol. The maximum atomic E-state index is 6.07. The predicted octanol–water partition coefficient (Wildman–Crippen LogP) is 4.79. The van der Waals surface area contributed by atoms with Crippen molar-refractivity contribution >= 4 is 16.3 Å². The van der Waals surface area contributed by atoms with E-state index in [-0.39, 0.29) is 0 Å². The van der Waals surface area contributed by atoms with Gasteiger partial charge in [-0.3, -0.25) is 0 Å². The SMILES string of the molecule is C=C1CC[C@H](C2=CCc3ccc4c(OCCNCC)cccc4c32)C(=C)N1. The van der Waals surface area contributed by atoms with E-state index in [0.29, 0.717) is 12.5 Å². The fourth-order valence-corrected chi connectivity index (χ4v) is 4.27. The molecule has 3 nitrogen and oxygen atoms in total. The number of fused-ring (bicyclic) bond motifs is 3. The third-order valence-corrected chi connectivity index (χ3v) is 5.59. The molecule has 1 saturated heterocycles. The Bertz CT molecular complexity index is 925. The maximum Gasteiger partial charge on any atom is 0.127 e. The molecule has 1 fully saturated rings. The molecule has 0 amide bonds. The van der Waals surface area contributed by atoms with Crippen molar-refractivity contribution in [3.63, 3.8) is 0 Å². The molecular weight excluding hydrogens is 332 g/mol. The minimum Gasteiger partial charge on any atom is -0.492 e. The summed E-state index contributed by atoms with van der Waals surface area (Å²) in [6.07, 6.45) is 5.45. The van der Waals surface area contributed by atoms with Crippen molar-refractivity contribution in [3.8, 4) is 5.75 Å². The molecule has 2 aliphatic rings. The zero-order valence-corrected chi connectivity index (χ0v) is 16.1. The van der Waals surface area contributed by atoms with Crippen molar-refractivity contribution in [1.29, 1.82) is 0 Å². The quantitative estimate of drug-likeness (QED) is 0.727. The Kier molecular flexibility index (Phi) is 5.04. The molecule has 2 N–H and O–H groups in total. The van der Waals surface area contributed by atoms with E-state index in [1.165, 1.54) is 27.5 Å². The van der Waals surface area contributed by atoms with Crippen LogP contribution in [0.15, 0.2) is 61.0 Å². The number of benzene rings is 2. The van der Waals surface area contributed by atoms with Crippen LogP contribution in [-0.4, -0.2) is 19.7 Å². The lowest BCUT2D eigenvalue weighted by Gasteiger charge is -2.29. The van der Waals surface area contributed by atoms with Crippen LogP contribution in [0.4, 0.5) is 0 Å². The maximum absolute atomic E-state index is 6.07. The summed E-state index contributed by atoms with van der Waals surface area (Å²) in [5.41, 5.74) is 6.33. The van der Waals surface area contributed by atoms with Crippen molar-refractivity contribution in [2.75, 3.05) is 19.7 Å².